The smallest absolute Gasteiger partial charge is 0.304 e. The molecule has 0 saturated carbocycles. The SMILES string of the molecule is CCN(C(C)C)S(=O)(=O)CCC(=O)O. The Hall–Kier alpha value is -0.620. The van der Waals surface area contributed by atoms with Crippen LogP contribution in [0.5, 0.6) is 0 Å². The van der Waals surface area contributed by atoms with E-state index in [4.69, 9.17) is 5.11 Å². The monoisotopic (exact) mass is 223 g/mol. The molecule has 5 nitrogen and oxygen atoms in total. The van der Waals surface area contributed by atoms with Crippen molar-refractivity contribution in [2.75, 3.05) is 12.3 Å². The Morgan fingerprint density at radius 1 is 1.43 bits per heavy atom. The number of carboxylic acids is 1. The van der Waals surface area contributed by atoms with Gasteiger partial charge in [-0.15, -0.1) is 0 Å². The van der Waals surface area contributed by atoms with Gasteiger partial charge in [-0.05, 0) is 13.8 Å². The molecule has 0 saturated heterocycles. The van der Waals surface area contributed by atoms with Crippen molar-refractivity contribution in [2.45, 2.75) is 33.2 Å². The second kappa shape index (κ2) is 5.31. The van der Waals surface area contributed by atoms with E-state index in [9.17, 15) is 13.2 Å². The number of nitrogens with zero attached hydrogens (tertiary/aromatic N) is 1. The van der Waals surface area contributed by atoms with Crippen LogP contribution >= 0.6 is 0 Å². The third-order valence-corrected chi connectivity index (χ3v) is 3.93. The largest absolute Gasteiger partial charge is 0.481 e. The molecule has 0 aromatic carbocycles. The van der Waals surface area contributed by atoms with Gasteiger partial charge in [-0.3, -0.25) is 4.79 Å². The lowest BCUT2D eigenvalue weighted by atomic mass is 10.4. The van der Waals surface area contributed by atoms with Gasteiger partial charge in [0, 0.05) is 12.6 Å². The molecule has 0 radical (unpaired) electrons. The summed E-state index contributed by atoms with van der Waals surface area (Å²) in [5.41, 5.74) is 0. The van der Waals surface area contributed by atoms with Crippen molar-refractivity contribution in [2.24, 2.45) is 0 Å². The maximum Gasteiger partial charge on any atom is 0.304 e. The third-order valence-electron chi connectivity index (χ3n) is 1.82. The molecule has 0 aromatic rings. The number of hydrogen-bond acceptors (Lipinski definition) is 3. The van der Waals surface area contributed by atoms with Crippen LogP contribution in [0.2, 0.25) is 0 Å². The summed E-state index contributed by atoms with van der Waals surface area (Å²) < 4.78 is 24.4. The van der Waals surface area contributed by atoms with E-state index in [-0.39, 0.29) is 18.2 Å². The predicted molar refractivity (Wildman–Crippen MR) is 53.6 cm³/mol. The summed E-state index contributed by atoms with van der Waals surface area (Å²) >= 11 is 0. The minimum absolute atomic E-state index is 0.126. The van der Waals surface area contributed by atoms with Gasteiger partial charge >= 0.3 is 5.97 Å². The van der Waals surface area contributed by atoms with Crippen LogP contribution in [0.25, 0.3) is 0 Å². The Balaban J connectivity index is 4.51. The summed E-state index contributed by atoms with van der Waals surface area (Å²) in [6, 6.07) is -0.126. The van der Waals surface area contributed by atoms with Gasteiger partial charge in [0.25, 0.3) is 0 Å². The zero-order chi connectivity index (χ0) is 11.4. The van der Waals surface area contributed by atoms with E-state index in [2.05, 4.69) is 0 Å². The molecule has 1 N–H and O–H groups in total. The molecule has 0 amide bonds. The minimum atomic E-state index is -3.41. The number of carboxylic acid groups (broad SMARTS) is 1. The van der Waals surface area contributed by atoms with E-state index < -0.39 is 16.0 Å². The maximum absolute atomic E-state index is 11.6. The van der Waals surface area contributed by atoms with Gasteiger partial charge in [0.1, 0.15) is 0 Å². The Morgan fingerprint density at radius 3 is 2.21 bits per heavy atom. The molecule has 84 valence electrons. The number of rotatable bonds is 6. The average molecular weight is 223 g/mol. The van der Waals surface area contributed by atoms with Crippen LogP contribution in [-0.2, 0) is 14.8 Å². The summed E-state index contributed by atoms with van der Waals surface area (Å²) in [6.45, 7) is 5.64. The molecule has 0 aliphatic carbocycles. The fourth-order valence-corrected chi connectivity index (χ4v) is 2.92. The van der Waals surface area contributed by atoms with Crippen LogP contribution in [0.1, 0.15) is 27.2 Å². The molecular weight excluding hydrogens is 206 g/mol. The summed E-state index contributed by atoms with van der Waals surface area (Å²) in [4.78, 5) is 10.2. The summed E-state index contributed by atoms with van der Waals surface area (Å²) in [5.74, 6) is -1.41. The first-order chi connectivity index (χ1) is 6.31. The Kier molecular flexibility index (Phi) is 5.07. The van der Waals surface area contributed by atoms with Gasteiger partial charge in [0.15, 0.2) is 0 Å². The van der Waals surface area contributed by atoms with Crippen molar-refractivity contribution >= 4 is 16.0 Å². The molecule has 0 aliphatic rings. The second-order valence-corrected chi connectivity index (χ2v) is 5.30. The minimum Gasteiger partial charge on any atom is -0.481 e. The standard InChI is InChI=1S/C8H17NO4S/c1-4-9(7(2)3)14(12,13)6-5-8(10)11/h7H,4-6H2,1-3H3,(H,10,11). The molecule has 0 spiro atoms. The molecule has 0 rings (SSSR count). The second-order valence-electron chi connectivity index (χ2n) is 3.26. The number of hydrogen-bond donors (Lipinski definition) is 1. The molecular formula is C8H17NO4S. The van der Waals surface area contributed by atoms with Crippen molar-refractivity contribution in [3.8, 4) is 0 Å². The van der Waals surface area contributed by atoms with Crippen LogP contribution in [0, 0.1) is 0 Å². The third kappa shape index (κ3) is 4.06. The highest BCUT2D eigenvalue weighted by atomic mass is 32.2. The zero-order valence-corrected chi connectivity index (χ0v) is 9.54. The lowest BCUT2D eigenvalue weighted by Gasteiger charge is -2.23. The molecule has 0 aliphatic heterocycles. The lowest BCUT2D eigenvalue weighted by Crippen LogP contribution is -2.38. The Morgan fingerprint density at radius 2 is 1.93 bits per heavy atom. The van der Waals surface area contributed by atoms with E-state index in [1.165, 1.54) is 4.31 Å². The maximum atomic E-state index is 11.6. The topological polar surface area (TPSA) is 74.7 Å². The first-order valence-electron chi connectivity index (χ1n) is 4.52. The zero-order valence-electron chi connectivity index (χ0n) is 8.73. The highest BCUT2D eigenvalue weighted by Gasteiger charge is 2.23. The van der Waals surface area contributed by atoms with E-state index in [0.29, 0.717) is 6.54 Å². The van der Waals surface area contributed by atoms with E-state index >= 15 is 0 Å². The van der Waals surface area contributed by atoms with Gasteiger partial charge in [-0.1, -0.05) is 6.92 Å². The fraction of sp³-hybridized carbons (Fsp3) is 0.875. The van der Waals surface area contributed by atoms with Crippen LogP contribution in [0.3, 0.4) is 0 Å². The van der Waals surface area contributed by atoms with Crippen LogP contribution < -0.4 is 0 Å². The molecule has 0 fully saturated rings. The van der Waals surface area contributed by atoms with Gasteiger partial charge < -0.3 is 5.11 Å². The van der Waals surface area contributed by atoms with Gasteiger partial charge in [-0.2, -0.15) is 4.31 Å². The summed E-state index contributed by atoms with van der Waals surface area (Å²) in [6.07, 6.45) is -0.342. The summed E-state index contributed by atoms with van der Waals surface area (Å²) in [7, 11) is -3.41. The number of carbonyl (C=O) groups is 1. The van der Waals surface area contributed by atoms with Gasteiger partial charge in [0.2, 0.25) is 10.0 Å². The Bertz CT molecular complexity index is 284. The van der Waals surface area contributed by atoms with E-state index in [1.807, 2.05) is 0 Å². The van der Waals surface area contributed by atoms with Crippen molar-refractivity contribution in [1.29, 1.82) is 0 Å². The normalized spacial score (nSPS) is 12.4. The summed E-state index contributed by atoms with van der Waals surface area (Å²) in [5, 5.41) is 8.39. The van der Waals surface area contributed by atoms with Crippen molar-refractivity contribution in [1.82, 2.24) is 4.31 Å². The molecule has 6 heteroatoms. The number of aliphatic carboxylic acids is 1. The van der Waals surface area contributed by atoms with Gasteiger partial charge in [0.05, 0.1) is 12.2 Å². The Labute approximate surface area is 84.8 Å². The van der Waals surface area contributed by atoms with Crippen LogP contribution in [0.4, 0.5) is 0 Å². The van der Waals surface area contributed by atoms with E-state index in [0.717, 1.165) is 0 Å². The van der Waals surface area contributed by atoms with Crippen molar-refractivity contribution < 1.29 is 18.3 Å². The molecule has 0 unspecified atom stereocenters. The van der Waals surface area contributed by atoms with Crippen LogP contribution in [-0.4, -0.2) is 42.1 Å². The quantitative estimate of drug-likeness (QED) is 0.712. The molecule has 0 heterocycles. The first-order valence-corrected chi connectivity index (χ1v) is 6.13. The molecule has 0 atom stereocenters. The lowest BCUT2D eigenvalue weighted by molar-refractivity contribution is -0.136. The molecule has 0 aromatic heterocycles. The van der Waals surface area contributed by atoms with E-state index in [1.54, 1.807) is 20.8 Å². The first kappa shape index (κ1) is 13.4. The molecule has 0 bridgehead atoms. The highest BCUT2D eigenvalue weighted by molar-refractivity contribution is 7.89. The fourth-order valence-electron chi connectivity index (χ4n) is 1.22. The number of sulfonamides is 1. The predicted octanol–water partition coefficient (Wildman–Crippen LogP) is 0.521. The average Bonchev–Trinajstić information content (AvgIpc) is 2.01. The van der Waals surface area contributed by atoms with Crippen LogP contribution in [0.15, 0.2) is 0 Å². The molecule has 14 heavy (non-hydrogen) atoms. The van der Waals surface area contributed by atoms with Crippen molar-refractivity contribution in [3.63, 3.8) is 0 Å². The van der Waals surface area contributed by atoms with Crippen molar-refractivity contribution in [3.05, 3.63) is 0 Å². The van der Waals surface area contributed by atoms with Gasteiger partial charge in [-0.25, -0.2) is 8.42 Å². The highest BCUT2D eigenvalue weighted by Crippen LogP contribution is 2.07.